The van der Waals surface area contributed by atoms with E-state index in [1.807, 2.05) is 24.3 Å². The van der Waals surface area contributed by atoms with Crippen molar-refractivity contribution in [3.8, 4) is 5.69 Å². The average molecular weight is 310 g/mol. The molecule has 0 bridgehead atoms. The molecule has 0 saturated carbocycles. The van der Waals surface area contributed by atoms with Crippen LogP contribution in [0, 0.1) is 6.92 Å². The van der Waals surface area contributed by atoms with Crippen LogP contribution >= 0.6 is 15.9 Å². The first-order valence-corrected chi connectivity index (χ1v) is 6.28. The van der Waals surface area contributed by atoms with E-state index in [0.29, 0.717) is 18.0 Å². The van der Waals surface area contributed by atoms with Gasteiger partial charge in [-0.05, 0) is 38.1 Å². The number of aromatic nitrogens is 3. The van der Waals surface area contributed by atoms with Crippen LogP contribution in [0.25, 0.3) is 5.69 Å². The fourth-order valence-corrected chi connectivity index (χ4v) is 1.82. The Hall–Kier alpha value is -1.69. The van der Waals surface area contributed by atoms with Crippen LogP contribution in [-0.4, -0.2) is 27.6 Å². The molecule has 1 aromatic carbocycles. The molecule has 0 radical (unpaired) electrons. The molecule has 0 spiro atoms. The zero-order valence-electron chi connectivity index (χ0n) is 10.1. The zero-order valence-corrected chi connectivity index (χ0v) is 11.6. The van der Waals surface area contributed by atoms with E-state index in [2.05, 4.69) is 26.2 Å². The normalized spacial score (nSPS) is 10.4. The van der Waals surface area contributed by atoms with Crippen LogP contribution in [0.15, 0.2) is 28.7 Å². The van der Waals surface area contributed by atoms with Crippen LogP contribution in [-0.2, 0) is 4.74 Å². The summed E-state index contributed by atoms with van der Waals surface area (Å²) in [5, 5.41) is 7.89. The summed E-state index contributed by atoms with van der Waals surface area (Å²) in [6.07, 6.45) is 0. The first kappa shape index (κ1) is 12.8. The second-order valence-electron chi connectivity index (χ2n) is 3.63. The molecule has 0 N–H and O–H groups in total. The average Bonchev–Trinajstić information content (AvgIpc) is 2.72. The number of hydrogen-bond acceptors (Lipinski definition) is 4. The SMILES string of the molecule is CCOC(=O)c1c(C)nnn1-c1ccc(Br)cc1. The third-order valence-corrected chi connectivity index (χ3v) is 2.91. The van der Waals surface area contributed by atoms with E-state index in [0.717, 1.165) is 10.2 Å². The Labute approximate surface area is 113 Å². The maximum absolute atomic E-state index is 11.9. The molecule has 0 atom stereocenters. The zero-order chi connectivity index (χ0) is 13.1. The minimum absolute atomic E-state index is 0.323. The summed E-state index contributed by atoms with van der Waals surface area (Å²) < 4.78 is 7.45. The highest BCUT2D eigenvalue weighted by atomic mass is 79.9. The highest BCUT2D eigenvalue weighted by Crippen LogP contribution is 2.16. The van der Waals surface area contributed by atoms with E-state index in [9.17, 15) is 4.79 Å². The fourth-order valence-electron chi connectivity index (χ4n) is 1.55. The van der Waals surface area contributed by atoms with E-state index in [4.69, 9.17) is 4.74 Å². The Kier molecular flexibility index (Phi) is 3.76. The van der Waals surface area contributed by atoms with E-state index < -0.39 is 5.97 Å². The molecule has 0 amide bonds. The van der Waals surface area contributed by atoms with Crippen LogP contribution in [0.1, 0.15) is 23.1 Å². The maximum atomic E-state index is 11.9. The Morgan fingerprint density at radius 3 is 2.67 bits per heavy atom. The smallest absolute Gasteiger partial charge is 0.359 e. The van der Waals surface area contributed by atoms with Crippen molar-refractivity contribution < 1.29 is 9.53 Å². The first-order valence-electron chi connectivity index (χ1n) is 5.49. The molecule has 0 fully saturated rings. The molecule has 5 nitrogen and oxygen atoms in total. The van der Waals surface area contributed by atoms with Crippen LogP contribution in [0.4, 0.5) is 0 Å². The van der Waals surface area contributed by atoms with Crippen LogP contribution in [0.3, 0.4) is 0 Å². The second kappa shape index (κ2) is 5.30. The van der Waals surface area contributed by atoms with Gasteiger partial charge in [0.15, 0.2) is 5.69 Å². The molecule has 0 aliphatic carbocycles. The Morgan fingerprint density at radius 1 is 1.39 bits per heavy atom. The lowest BCUT2D eigenvalue weighted by molar-refractivity contribution is 0.0515. The van der Waals surface area contributed by atoms with Gasteiger partial charge in [0.05, 0.1) is 18.0 Å². The summed E-state index contributed by atoms with van der Waals surface area (Å²) in [6.45, 7) is 3.82. The van der Waals surface area contributed by atoms with Gasteiger partial charge in [-0.25, -0.2) is 9.48 Å². The van der Waals surface area contributed by atoms with Gasteiger partial charge in [0.1, 0.15) is 0 Å². The van der Waals surface area contributed by atoms with Gasteiger partial charge in [-0.3, -0.25) is 0 Å². The number of ether oxygens (including phenoxy) is 1. The molecular formula is C12H12BrN3O2. The lowest BCUT2D eigenvalue weighted by Gasteiger charge is -2.06. The van der Waals surface area contributed by atoms with E-state index in [-0.39, 0.29) is 0 Å². The number of halogens is 1. The van der Waals surface area contributed by atoms with Crippen molar-refractivity contribution in [3.05, 3.63) is 40.1 Å². The third-order valence-electron chi connectivity index (χ3n) is 2.38. The Balaban J connectivity index is 2.45. The van der Waals surface area contributed by atoms with Crippen LogP contribution in [0.2, 0.25) is 0 Å². The molecule has 0 aliphatic rings. The molecular weight excluding hydrogens is 298 g/mol. The molecule has 0 saturated heterocycles. The van der Waals surface area contributed by atoms with E-state index in [1.54, 1.807) is 13.8 Å². The van der Waals surface area contributed by atoms with Crippen molar-refractivity contribution in [3.63, 3.8) is 0 Å². The molecule has 2 rings (SSSR count). The summed E-state index contributed by atoms with van der Waals surface area (Å²) in [5.41, 5.74) is 1.68. The number of carbonyl (C=O) groups excluding carboxylic acids is 1. The predicted octanol–water partition coefficient (Wildman–Crippen LogP) is 2.51. The number of nitrogens with zero attached hydrogens (tertiary/aromatic N) is 3. The van der Waals surface area contributed by atoms with Gasteiger partial charge in [0.2, 0.25) is 0 Å². The molecule has 2 aromatic rings. The van der Waals surface area contributed by atoms with Gasteiger partial charge in [-0.15, -0.1) is 5.10 Å². The maximum Gasteiger partial charge on any atom is 0.359 e. The third kappa shape index (κ3) is 2.43. The molecule has 6 heteroatoms. The number of hydrogen-bond donors (Lipinski definition) is 0. The Morgan fingerprint density at radius 2 is 2.06 bits per heavy atom. The van der Waals surface area contributed by atoms with Crippen molar-refractivity contribution >= 4 is 21.9 Å². The molecule has 1 heterocycles. The number of aryl methyl sites for hydroxylation is 1. The van der Waals surface area contributed by atoms with Gasteiger partial charge in [0, 0.05) is 4.47 Å². The van der Waals surface area contributed by atoms with Crippen molar-refractivity contribution in [2.24, 2.45) is 0 Å². The summed E-state index contributed by atoms with van der Waals surface area (Å²) >= 11 is 3.36. The number of carbonyl (C=O) groups is 1. The van der Waals surface area contributed by atoms with Crippen LogP contribution in [0.5, 0.6) is 0 Å². The first-order chi connectivity index (χ1) is 8.63. The lowest BCUT2D eigenvalue weighted by atomic mass is 10.3. The summed E-state index contributed by atoms with van der Waals surface area (Å²) in [4.78, 5) is 11.9. The standard InChI is InChI=1S/C12H12BrN3O2/c1-3-18-12(17)11-8(2)14-15-16(11)10-6-4-9(13)5-7-10/h4-7H,3H2,1-2H3. The number of benzene rings is 1. The number of esters is 1. The molecule has 0 unspecified atom stereocenters. The van der Waals surface area contributed by atoms with Crippen LogP contribution < -0.4 is 0 Å². The van der Waals surface area contributed by atoms with Crippen molar-refractivity contribution in [2.45, 2.75) is 13.8 Å². The van der Waals surface area contributed by atoms with Gasteiger partial charge in [-0.2, -0.15) is 0 Å². The van der Waals surface area contributed by atoms with Gasteiger partial charge >= 0.3 is 5.97 Å². The predicted molar refractivity (Wildman–Crippen MR) is 69.8 cm³/mol. The quantitative estimate of drug-likeness (QED) is 0.817. The fraction of sp³-hybridized carbons (Fsp3) is 0.250. The van der Waals surface area contributed by atoms with Gasteiger partial charge in [-0.1, -0.05) is 21.1 Å². The van der Waals surface area contributed by atoms with E-state index in [1.165, 1.54) is 4.68 Å². The minimum atomic E-state index is -0.414. The second-order valence-corrected chi connectivity index (χ2v) is 4.55. The topological polar surface area (TPSA) is 57.0 Å². The summed E-state index contributed by atoms with van der Waals surface area (Å²) in [6, 6.07) is 7.45. The van der Waals surface area contributed by atoms with E-state index >= 15 is 0 Å². The highest BCUT2D eigenvalue weighted by molar-refractivity contribution is 9.10. The Bertz CT molecular complexity index is 563. The monoisotopic (exact) mass is 309 g/mol. The van der Waals surface area contributed by atoms with Crippen molar-refractivity contribution in [2.75, 3.05) is 6.61 Å². The van der Waals surface area contributed by atoms with Gasteiger partial charge in [0.25, 0.3) is 0 Å². The molecule has 18 heavy (non-hydrogen) atoms. The van der Waals surface area contributed by atoms with Crippen molar-refractivity contribution in [1.29, 1.82) is 0 Å². The molecule has 1 aromatic heterocycles. The summed E-state index contributed by atoms with van der Waals surface area (Å²) in [7, 11) is 0. The lowest BCUT2D eigenvalue weighted by Crippen LogP contribution is -2.13. The van der Waals surface area contributed by atoms with Gasteiger partial charge < -0.3 is 4.74 Å². The molecule has 0 aliphatic heterocycles. The highest BCUT2D eigenvalue weighted by Gasteiger charge is 2.19. The minimum Gasteiger partial charge on any atom is -0.461 e. The summed E-state index contributed by atoms with van der Waals surface area (Å²) in [5.74, 6) is -0.414. The largest absolute Gasteiger partial charge is 0.461 e. The van der Waals surface area contributed by atoms with Crippen molar-refractivity contribution in [1.82, 2.24) is 15.0 Å². The molecule has 94 valence electrons. The number of rotatable bonds is 3.